The number of fused-ring (bicyclic) bond motifs is 1. The van der Waals surface area contributed by atoms with Crippen molar-refractivity contribution in [2.75, 3.05) is 0 Å². The second-order valence-electron chi connectivity index (χ2n) is 3.92. The van der Waals surface area contributed by atoms with Gasteiger partial charge in [0.25, 0.3) is 0 Å². The summed E-state index contributed by atoms with van der Waals surface area (Å²) in [5.74, 6) is 0.104. The Morgan fingerprint density at radius 1 is 1.26 bits per heavy atom. The summed E-state index contributed by atoms with van der Waals surface area (Å²) in [7, 11) is 0. The van der Waals surface area contributed by atoms with Crippen molar-refractivity contribution in [1.82, 2.24) is 14.6 Å². The molecule has 2 N–H and O–H groups in total. The van der Waals surface area contributed by atoms with Crippen LogP contribution >= 0.6 is 0 Å². The molecule has 0 saturated carbocycles. The molecule has 0 aliphatic heterocycles. The number of rotatable bonds is 2. The number of phenolic OH excluding ortho intramolecular Hbond substituents is 1. The average molecular weight is 254 g/mol. The molecule has 6 heteroatoms. The Hall–Kier alpha value is -2.89. The van der Waals surface area contributed by atoms with Gasteiger partial charge in [-0.05, 0) is 24.3 Å². The fourth-order valence-corrected chi connectivity index (χ4v) is 1.75. The number of hydrogen-bond acceptors (Lipinski definition) is 4. The Labute approximate surface area is 107 Å². The Morgan fingerprint density at radius 2 is 2.11 bits per heavy atom. The molecule has 0 atom stereocenters. The number of nitrogens with one attached hydrogen (secondary N) is 1. The summed E-state index contributed by atoms with van der Waals surface area (Å²) in [4.78, 5) is 18.5. The molecule has 0 spiro atoms. The van der Waals surface area contributed by atoms with Crippen molar-refractivity contribution in [3.63, 3.8) is 0 Å². The van der Waals surface area contributed by atoms with Crippen LogP contribution in [0.15, 0.2) is 52.5 Å². The predicted molar refractivity (Wildman–Crippen MR) is 71.5 cm³/mol. The van der Waals surface area contributed by atoms with Gasteiger partial charge in [-0.1, -0.05) is 12.1 Å². The minimum absolute atomic E-state index is 0.104. The smallest absolute Gasteiger partial charge is 0.348 e. The molecule has 6 nitrogen and oxygen atoms in total. The van der Waals surface area contributed by atoms with Gasteiger partial charge in [-0.15, -0.1) is 0 Å². The zero-order valence-corrected chi connectivity index (χ0v) is 9.82. The molecule has 94 valence electrons. The summed E-state index contributed by atoms with van der Waals surface area (Å²) in [5, 5.41) is 13.7. The summed E-state index contributed by atoms with van der Waals surface area (Å²) in [6.45, 7) is 0. The molecule has 2 aromatic heterocycles. The molecule has 19 heavy (non-hydrogen) atoms. The SMILES string of the molecule is O=c1[nH]c2cccnc2n1N=Cc1ccccc1O. The van der Waals surface area contributed by atoms with E-state index < -0.39 is 0 Å². The van der Waals surface area contributed by atoms with Crippen LogP contribution in [0.5, 0.6) is 5.75 Å². The number of H-pyrrole nitrogens is 1. The van der Waals surface area contributed by atoms with Gasteiger partial charge in [0.05, 0.1) is 11.7 Å². The standard InChI is InChI=1S/C13H10N4O2/c18-11-6-2-1-4-9(11)8-15-17-12-10(16-13(17)19)5-3-7-14-12/h1-8,18H,(H,16,19). The third-order valence-corrected chi connectivity index (χ3v) is 2.67. The van der Waals surface area contributed by atoms with E-state index in [0.717, 1.165) is 4.68 Å². The first-order valence-electron chi connectivity index (χ1n) is 5.64. The van der Waals surface area contributed by atoms with Crippen molar-refractivity contribution in [3.8, 4) is 5.75 Å². The van der Waals surface area contributed by atoms with Crippen LogP contribution < -0.4 is 5.69 Å². The van der Waals surface area contributed by atoms with Gasteiger partial charge in [0.15, 0.2) is 5.65 Å². The topological polar surface area (TPSA) is 83.3 Å². The molecular weight excluding hydrogens is 244 g/mol. The zero-order chi connectivity index (χ0) is 13.2. The van der Waals surface area contributed by atoms with Crippen molar-refractivity contribution >= 4 is 17.4 Å². The molecular formula is C13H10N4O2. The number of nitrogens with zero attached hydrogens (tertiary/aromatic N) is 3. The van der Waals surface area contributed by atoms with Gasteiger partial charge in [0.1, 0.15) is 5.75 Å². The van der Waals surface area contributed by atoms with Gasteiger partial charge >= 0.3 is 5.69 Å². The van der Waals surface area contributed by atoms with Gasteiger partial charge in [0, 0.05) is 11.8 Å². The van der Waals surface area contributed by atoms with Gasteiger partial charge < -0.3 is 10.1 Å². The van der Waals surface area contributed by atoms with Crippen LogP contribution in [0.3, 0.4) is 0 Å². The van der Waals surface area contributed by atoms with Crippen molar-refractivity contribution in [1.29, 1.82) is 0 Å². The molecule has 0 bridgehead atoms. The summed E-state index contributed by atoms with van der Waals surface area (Å²) in [6.07, 6.45) is 3.00. The quantitative estimate of drug-likeness (QED) is 0.676. The first-order chi connectivity index (χ1) is 9.25. The first-order valence-corrected chi connectivity index (χ1v) is 5.64. The highest BCUT2D eigenvalue weighted by atomic mass is 16.3. The molecule has 1 aromatic carbocycles. The largest absolute Gasteiger partial charge is 0.507 e. The first kappa shape index (κ1) is 11.2. The van der Waals surface area contributed by atoms with Crippen molar-refractivity contribution < 1.29 is 5.11 Å². The third kappa shape index (κ3) is 1.99. The van der Waals surface area contributed by atoms with Crippen molar-refractivity contribution in [3.05, 3.63) is 58.6 Å². The van der Waals surface area contributed by atoms with Gasteiger partial charge in [-0.2, -0.15) is 9.78 Å². The van der Waals surface area contributed by atoms with E-state index in [1.165, 1.54) is 6.21 Å². The Bertz CT molecular complexity index is 817. The predicted octanol–water partition coefficient (Wildman–Crippen LogP) is 1.31. The number of benzene rings is 1. The van der Waals surface area contributed by atoms with E-state index >= 15 is 0 Å². The lowest BCUT2D eigenvalue weighted by Gasteiger charge is -1.97. The molecule has 0 saturated heterocycles. The molecule has 3 aromatic rings. The lowest BCUT2D eigenvalue weighted by Crippen LogP contribution is -2.12. The molecule has 0 aliphatic carbocycles. The maximum absolute atomic E-state index is 11.7. The van der Waals surface area contributed by atoms with Gasteiger partial charge in [-0.25, -0.2) is 9.78 Å². The van der Waals surface area contributed by atoms with E-state index in [1.807, 2.05) is 0 Å². The maximum atomic E-state index is 11.7. The number of aromatic nitrogens is 3. The number of aromatic hydroxyl groups is 1. The lowest BCUT2D eigenvalue weighted by molar-refractivity contribution is 0.474. The summed E-state index contributed by atoms with van der Waals surface area (Å²) in [6, 6.07) is 10.2. The molecule has 0 amide bonds. The van der Waals surface area contributed by atoms with E-state index in [4.69, 9.17) is 0 Å². The Kier molecular flexibility index (Phi) is 2.60. The van der Waals surface area contributed by atoms with E-state index in [-0.39, 0.29) is 11.4 Å². The number of pyridine rings is 1. The second kappa shape index (κ2) is 4.41. The molecule has 3 rings (SSSR count). The summed E-state index contributed by atoms with van der Waals surface area (Å²) < 4.78 is 1.15. The highest BCUT2D eigenvalue weighted by Crippen LogP contribution is 2.13. The number of phenols is 1. The molecule has 0 unspecified atom stereocenters. The van der Waals surface area contributed by atoms with Gasteiger partial charge in [-0.3, -0.25) is 0 Å². The minimum atomic E-state index is -0.375. The van der Waals surface area contributed by atoms with Crippen LogP contribution in [0.4, 0.5) is 0 Å². The van der Waals surface area contributed by atoms with E-state index in [2.05, 4.69) is 15.1 Å². The summed E-state index contributed by atoms with van der Waals surface area (Å²) in [5.41, 5.74) is 1.21. The zero-order valence-electron chi connectivity index (χ0n) is 9.82. The van der Waals surface area contributed by atoms with Crippen LogP contribution in [-0.2, 0) is 0 Å². The van der Waals surface area contributed by atoms with Crippen molar-refractivity contribution in [2.45, 2.75) is 0 Å². The second-order valence-corrected chi connectivity index (χ2v) is 3.92. The molecule has 0 radical (unpaired) electrons. The number of hydrogen-bond donors (Lipinski definition) is 2. The number of imidazole rings is 1. The Morgan fingerprint density at radius 3 is 2.95 bits per heavy atom. The minimum Gasteiger partial charge on any atom is -0.507 e. The lowest BCUT2D eigenvalue weighted by atomic mass is 10.2. The molecule has 0 aliphatic rings. The van der Waals surface area contributed by atoms with Crippen molar-refractivity contribution in [2.24, 2.45) is 5.10 Å². The maximum Gasteiger partial charge on any atom is 0.348 e. The monoisotopic (exact) mass is 254 g/mol. The van der Waals surface area contributed by atoms with Crippen LogP contribution in [0, 0.1) is 0 Å². The van der Waals surface area contributed by atoms with E-state index in [1.54, 1.807) is 42.6 Å². The van der Waals surface area contributed by atoms with Crippen LogP contribution in [0.2, 0.25) is 0 Å². The van der Waals surface area contributed by atoms with Crippen LogP contribution in [0.1, 0.15) is 5.56 Å². The molecule has 0 fully saturated rings. The van der Waals surface area contributed by atoms with Gasteiger partial charge in [0.2, 0.25) is 0 Å². The van der Waals surface area contributed by atoms with Crippen LogP contribution in [-0.4, -0.2) is 26.0 Å². The van der Waals surface area contributed by atoms with E-state index in [0.29, 0.717) is 16.7 Å². The Balaban J connectivity index is 2.09. The normalized spacial score (nSPS) is 11.4. The van der Waals surface area contributed by atoms with Crippen LogP contribution in [0.25, 0.3) is 11.2 Å². The third-order valence-electron chi connectivity index (χ3n) is 2.67. The highest BCUT2D eigenvalue weighted by molar-refractivity contribution is 5.83. The number of para-hydroxylation sites is 1. The number of aromatic amines is 1. The fourth-order valence-electron chi connectivity index (χ4n) is 1.75. The highest BCUT2D eigenvalue weighted by Gasteiger charge is 2.05. The average Bonchev–Trinajstić information content (AvgIpc) is 2.74. The summed E-state index contributed by atoms with van der Waals surface area (Å²) >= 11 is 0. The molecule has 2 heterocycles. The fraction of sp³-hybridized carbons (Fsp3) is 0. The van der Waals surface area contributed by atoms with E-state index in [9.17, 15) is 9.90 Å².